The highest BCUT2D eigenvalue weighted by Crippen LogP contribution is 2.33. The maximum absolute atomic E-state index is 12.6. The second-order valence-corrected chi connectivity index (χ2v) is 13.2. The van der Waals surface area contributed by atoms with Crippen LogP contribution in [0.5, 0.6) is 0 Å². The Labute approximate surface area is 277 Å². The number of ether oxygens (including phenoxy) is 1. The normalized spacial score (nSPS) is 21.3. The van der Waals surface area contributed by atoms with Gasteiger partial charge >= 0.3 is 0 Å². The highest BCUT2D eigenvalue weighted by molar-refractivity contribution is 7.87. The Bertz CT molecular complexity index is 1430. The molecular weight excluding hydrogens is 602 g/mol. The van der Waals surface area contributed by atoms with Crippen LogP contribution >= 0.6 is 11.2 Å². The van der Waals surface area contributed by atoms with Crippen LogP contribution in [-0.4, -0.2) is 94.9 Å². The van der Waals surface area contributed by atoms with Gasteiger partial charge in [0, 0.05) is 25.8 Å². The van der Waals surface area contributed by atoms with Crippen molar-refractivity contribution in [2.75, 3.05) is 32.9 Å². The fourth-order valence-corrected chi connectivity index (χ4v) is 5.80. The van der Waals surface area contributed by atoms with Crippen molar-refractivity contribution < 1.29 is 29.6 Å². The molecule has 5 atom stereocenters. The van der Waals surface area contributed by atoms with Gasteiger partial charge in [0.2, 0.25) is 11.8 Å². The molecule has 0 aromatic heterocycles. The number of rotatable bonds is 14. The van der Waals surface area contributed by atoms with Crippen molar-refractivity contribution in [3.8, 4) is 17.5 Å². The van der Waals surface area contributed by atoms with Crippen molar-refractivity contribution in [1.29, 1.82) is 0 Å². The van der Waals surface area contributed by atoms with Gasteiger partial charge in [0.1, 0.15) is 36.1 Å². The molecule has 2 amide bonds. The van der Waals surface area contributed by atoms with Crippen molar-refractivity contribution >= 4 is 23.0 Å². The molecule has 1 aliphatic rings. The van der Waals surface area contributed by atoms with E-state index in [9.17, 15) is 24.9 Å². The van der Waals surface area contributed by atoms with E-state index in [1.807, 2.05) is 37.1 Å². The van der Waals surface area contributed by atoms with Gasteiger partial charge in [0.25, 0.3) is 0 Å². The van der Waals surface area contributed by atoms with Crippen LogP contribution in [0.15, 0.2) is 42.5 Å². The number of hydrogen-bond donors (Lipinski definition) is 5. The number of terminal acetylenes is 1. The Morgan fingerprint density at radius 3 is 2.41 bits per heavy atom. The molecule has 1 saturated heterocycles. The SMILES string of the molecule is C#CCN(C)CCNC(=O)C(C)(C)NC(=O)CCCCc1ccc(Cc2cc([C@@H]3OC(C#SC)[C@@H](O)[C@H](O)[C@H]3O)ccc2C)cc1. The summed E-state index contributed by atoms with van der Waals surface area (Å²) in [5, 5.41) is 40.0. The minimum absolute atomic E-state index is 0.148. The van der Waals surface area contributed by atoms with E-state index in [0.29, 0.717) is 38.9 Å². The lowest BCUT2D eigenvalue weighted by atomic mass is 9.89. The van der Waals surface area contributed by atoms with Crippen LogP contribution in [-0.2, 0) is 27.2 Å². The maximum Gasteiger partial charge on any atom is 0.245 e. The van der Waals surface area contributed by atoms with Crippen molar-refractivity contribution in [1.82, 2.24) is 15.5 Å². The van der Waals surface area contributed by atoms with Crippen LogP contribution in [0.3, 0.4) is 0 Å². The van der Waals surface area contributed by atoms with Crippen molar-refractivity contribution in [3.05, 3.63) is 70.3 Å². The number of aliphatic hydroxyl groups is 3. The number of aryl methyl sites for hydroxylation is 2. The standard InChI is InChI=1S/C36H49N3O6S/c1-7-19-39(5)20-18-37-35(44)36(3,4)38-30(40)11-9-8-10-25-13-15-26(16-14-25)21-28-22-27(17-12-24(28)2)34-33(43)32(42)31(41)29(45-34)23-46-6/h1,12-17,22,29,31-34,41-43H,8-11,18-21H2,2-6H3,(H,37,44)(H,38,40)/t29?,31-,32+,33-,34+/m1/s1. The van der Waals surface area contributed by atoms with Crippen LogP contribution in [0.4, 0.5) is 0 Å². The number of carbonyl (C=O) groups excluding carboxylic acids is 2. The van der Waals surface area contributed by atoms with Crippen LogP contribution in [0, 0.1) is 24.5 Å². The zero-order chi connectivity index (χ0) is 33.9. The van der Waals surface area contributed by atoms with Gasteiger partial charge < -0.3 is 30.7 Å². The number of nitrogens with zero attached hydrogens (tertiary/aromatic N) is 1. The fourth-order valence-electron chi connectivity index (χ4n) is 5.37. The number of aliphatic hydroxyl groups excluding tert-OH is 3. The summed E-state index contributed by atoms with van der Waals surface area (Å²) in [5.41, 5.74) is 4.23. The van der Waals surface area contributed by atoms with E-state index in [0.717, 1.165) is 35.1 Å². The average Bonchev–Trinajstić information content (AvgIpc) is 3.01. The smallest absolute Gasteiger partial charge is 0.245 e. The molecule has 10 heteroatoms. The molecule has 0 spiro atoms. The predicted octanol–water partition coefficient (Wildman–Crippen LogP) is 2.72. The molecule has 5 N–H and O–H groups in total. The summed E-state index contributed by atoms with van der Waals surface area (Å²) in [4.78, 5) is 27.0. The Morgan fingerprint density at radius 1 is 1.04 bits per heavy atom. The van der Waals surface area contributed by atoms with E-state index in [1.165, 1.54) is 16.7 Å². The van der Waals surface area contributed by atoms with Crippen LogP contribution in [0.2, 0.25) is 0 Å². The molecule has 1 fully saturated rings. The molecule has 2 aromatic rings. The first-order chi connectivity index (χ1) is 21.9. The second kappa shape index (κ2) is 17.6. The zero-order valence-electron chi connectivity index (χ0n) is 27.6. The number of nitrogens with one attached hydrogen (secondary N) is 2. The minimum Gasteiger partial charge on any atom is -0.387 e. The van der Waals surface area contributed by atoms with Gasteiger partial charge in [0.05, 0.1) is 6.54 Å². The summed E-state index contributed by atoms with van der Waals surface area (Å²) in [7, 11) is 1.89. The van der Waals surface area contributed by atoms with Gasteiger partial charge in [-0.3, -0.25) is 14.5 Å². The quantitative estimate of drug-likeness (QED) is 0.157. The van der Waals surface area contributed by atoms with Gasteiger partial charge in [-0.1, -0.05) is 53.6 Å². The molecule has 0 bridgehead atoms. The first-order valence-corrected chi connectivity index (χ1v) is 17.0. The molecule has 3 rings (SSSR count). The molecule has 0 radical (unpaired) electrons. The van der Waals surface area contributed by atoms with E-state index in [4.69, 9.17) is 11.2 Å². The second-order valence-electron chi connectivity index (χ2n) is 12.5. The van der Waals surface area contributed by atoms with Gasteiger partial charge in [-0.2, -0.15) is 0 Å². The first kappa shape index (κ1) is 37.2. The molecule has 1 unspecified atom stereocenters. The van der Waals surface area contributed by atoms with Gasteiger partial charge in [-0.15, -0.1) is 17.6 Å². The number of unbranched alkanes of at least 4 members (excludes halogenated alkanes) is 1. The average molecular weight is 652 g/mol. The monoisotopic (exact) mass is 651 g/mol. The number of hydrogen-bond acceptors (Lipinski definition) is 7. The third kappa shape index (κ3) is 10.6. The Hall–Kier alpha value is -3.26. The molecule has 9 nitrogen and oxygen atoms in total. The highest BCUT2D eigenvalue weighted by atomic mass is 32.1. The summed E-state index contributed by atoms with van der Waals surface area (Å²) < 4.78 is 5.95. The number of benzene rings is 2. The molecule has 1 heterocycles. The van der Waals surface area contributed by atoms with Crippen molar-refractivity contribution in [2.24, 2.45) is 0 Å². The van der Waals surface area contributed by atoms with Crippen LogP contribution in [0.1, 0.15) is 67.0 Å². The summed E-state index contributed by atoms with van der Waals surface area (Å²) in [6, 6.07) is 14.3. The third-order valence-corrected chi connectivity index (χ3v) is 8.71. The zero-order valence-corrected chi connectivity index (χ0v) is 28.4. The summed E-state index contributed by atoms with van der Waals surface area (Å²) in [6.07, 6.45) is 5.09. The summed E-state index contributed by atoms with van der Waals surface area (Å²) >= 11 is 1.27. The molecule has 250 valence electrons. The lowest BCUT2D eigenvalue weighted by molar-refractivity contribution is -0.209. The van der Waals surface area contributed by atoms with E-state index >= 15 is 0 Å². The summed E-state index contributed by atoms with van der Waals surface area (Å²) in [6.45, 7) is 7.03. The highest BCUT2D eigenvalue weighted by Gasteiger charge is 2.43. The maximum atomic E-state index is 12.6. The fraction of sp³-hybridized carbons (Fsp3) is 0.528. The van der Waals surface area contributed by atoms with Crippen LogP contribution in [0.25, 0.3) is 0 Å². The minimum atomic E-state index is -1.34. The Morgan fingerprint density at radius 2 is 1.74 bits per heavy atom. The summed E-state index contributed by atoms with van der Waals surface area (Å²) in [5.74, 6) is 2.18. The number of carbonyl (C=O) groups is 2. The molecule has 2 aromatic carbocycles. The van der Waals surface area contributed by atoms with Gasteiger partial charge in [-0.05, 0) is 81.3 Å². The molecule has 46 heavy (non-hydrogen) atoms. The first-order valence-electron chi connectivity index (χ1n) is 15.7. The lowest BCUT2D eigenvalue weighted by Gasteiger charge is -2.39. The third-order valence-electron chi connectivity index (χ3n) is 8.25. The molecular formula is C36H49N3O6S. The predicted molar refractivity (Wildman–Crippen MR) is 183 cm³/mol. The number of amides is 2. The van der Waals surface area contributed by atoms with E-state index in [-0.39, 0.29) is 11.8 Å². The number of likely N-dealkylation sites (N-methyl/N-ethyl adjacent to an activating group) is 1. The van der Waals surface area contributed by atoms with E-state index < -0.39 is 36.1 Å². The Balaban J connectivity index is 1.47. The topological polar surface area (TPSA) is 131 Å². The largest absolute Gasteiger partial charge is 0.387 e. The molecule has 0 saturated carbocycles. The Kier molecular flexibility index (Phi) is 14.2. The molecule has 1 aliphatic heterocycles. The van der Waals surface area contributed by atoms with Crippen molar-refractivity contribution in [3.63, 3.8) is 0 Å². The van der Waals surface area contributed by atoms with E-state index in [1.54, 1.807) is 20.1 Å². The molecule has 0 aliphatic carbocycles. The van der Waals surface area contributed by atoms with Crippen molar-refractivity contribution in [2.45, 2.75) is 88.9 Å². The van der Waals surface area contributed by atoms with E-state index in [2.05, 4.69) is 46.0 Å². The lowest BCUT2D eigenvalue weighted by Crippen LogP contribution is -2.55. The van der Waals surface area contributed by atoms with Crippen LogP contribution < -0.4 is 10.6 Å². The van der Waals surface area contributed by atoms with Gasteiger partial charge in [0.15, 0.2) is 0 Å². The van der Waals surface area contributed by atoms with Gasteiger partial charge in [-0.25, -0.2) is 0 Å².